The third-order valence-corrected chi connectivity index (χ3v) is 4.39. The molecule has 0 radical (unpaired) electrons. The van der Waals surface area contributed by atoms with Crippen LogP contribution in [0, 0.1) is 6.92 Å². The maximum Gasteiger partial charge on any atom is 0.194 e. The van der Waals surface area contributed by atoms with Crippen LogP contribution in [0.2, 0.25) is 0 Å². The highest BCUT2D eigenvalue weighted by molar-refractivity contribution is 14.0. The smallest absolute Gasteiger partial charge is 0.194 e. The Hall–Kier alpha value is -1.90. The lowest BCUT2D eigenvalue weighted by Gasteiger charge is -2.31. The topological polar surface area (TPSA) is 58.3 Å². The van der Waals surface area contributed by atoms with Crippen LogP contribution in [0.5, 0.6) is 0 Å². The zero-order chi connectivity index (χ0) is 16.9. The van der Waals surface area contributed by atoms with Crippen LogP contribution in [0.1, 0.15) is 22.8 Å². The number of nitrogens with one attached hydrogen (secondary N) is 1. The van der Waals surface area contributed by atoms with Gasteiger partial charge in [0.05, 0.1) is 0 Å². The fourth-order valence-corrected chi connectivity index (χ4v) is 2.84. The van der Waals surface area contributed by atoms with Gasteiger partial charge in [0.1, 0.15) is 12.4 Å². The molecule has 3 rings (SSSR count). The SMILES string of the molecule is C=CCNC(=NCc1nnc(C)n1C)N1CCc2ccccc2C1.I. The molecule has 2 aromatic rings. The van der Waals surface area contributed by atoms with E-state index in [2.05, 4.69) is 51.3 Å². The number of benzene rings is 1. The molecule has 0 amide bonds. The van der Waals surface area contributed by atoms with Gasteiger partial charge in [0.2, 0.25) is 0 Å². The average Bonchev–Trinajstić information content (AvgIpc) is 2.93. The van der Waals surface area contributed by atoms with Crippen molar-refractivity contribution in [1.82, 2.24) is 25.0 Å². The van der Waals surface area contributed by atoms with E-state index in [0.717, 1.165) is 37.1 Å². The van der Waals surface area contributed by atoms with Crippen LogP contribution in [0.15, 0.2) is 41.9 Å². The third-order valence-electron chi connectivity index (χ3n) is 4.39. The lowest BCUT2D eigenvalue weighted by Crippen LogP contribution is -2.44. The zero-order valence-corrected chi connectivity index (χ0v) is 17.1. The predicted molar refractivity (Wildman–Crippen MR) is 111 cm³/mol. The van der Waals surface area contributed by atoms with E-state index in [9.17, 15) is 0 Å². The van der Waals surface area contributed by atoms with Crippen molar-refractivity contribution in [2.45, 2.75) is 26.4 Å². The first-order valence-electron chi connectivity index (χ1n) is 8.25. The molecule has 1 N–H and O–H groups in total. The molecule has 6 nitrogen and oxygen atoms in total. The number of aryl methyl sites for hydroxylation is 1. The number of aliphatic imine (C=N–C) groups is 1. The van der Waals surface area contributed by atoms with E-state index >= 15 is 0 Å². The Morgan fingerprint density at radius 2 is 2.08 bits per heavy atom. The van der Waals surface area contributed by atoms with Crippen LogP contribution in [-0.4, -0.2) is 38.7 Å². The summed E-state index contributed by atoms with van der Waals surface area (Å²) in [7, 11) is 1.97. The molecule has 2 heterocycles. The predicted octanol–water partition coefficient (Wildman–Crippen LogP) is 2.43. The zero-order valence-electron chi connectivity index (χ0n) is 14.8. The van der Waals surface area contributed by atoms with Crippen molar-refractivity contribution in [1.29, 1.82) is 0 Å². The minimum Gasteiger partial charge on any atom is -0.353 e. The number of rotatable bonds is 4. The first-order chi connectivity index (χ1) is 11.7. The first kappa shape index (κ1) is 19.4. The van der Waals surface area contributed by atoms with Gasteiger partial charge < -0.3 is 14.8 Å². The van der Waals surface area contributed by atoms with Gasteiger partial charge in [-0.15, -0.1) is 40.8 Å². The summed E-state index contributed by atoms with van der Waals surface area (Å²) in [5.41, 5.74) is 2.80. The molecular weight excluding hydrogens is 427 g/mol. The maximum absolute atomic E-state index is 4.76. The monoisotopic (exact) mass is 452 g/mol. The van der Waals surface area contributed by atoms with Crippen molar-refractivity contribution in [2.24, 2.45) is 12.0 Å². The summed E-state index contributed by atoms with van der Waals surface area (Å²) >= 11 is 0. The van der Waals surface area contributed by atoms with E-state index < -0.39 is 0 Å². The highest BCUT2D eigenvalue weighted by Crippen LogP contribution is 2.18. The second-order valence-corrected chi connectivity index (χ2v) is 5.97. The Morgan fingerprint density at radius 1 is 1.32 bits per heavy atom. The summed E-state index contributed by atoms with van der Waals surface area (Å²) in [5.74, 6) is 2.65. The van der Waals surface area contributed by atoms with Crippen LogP contribution in [0.25, 0.3) is 0 Å². The number of nitrogens with zero attached hydrogens (tertiary/aromatic N) is 5. The largest absolute Gasteiger partial charge is 0.353 e. The third kappa shape index (κ3) is 4.59. The minimum atomic E-state index is 0. The molecule has 0 spiro atoms. The molecule has 0 bridgehead atoms. The Morgan fingerprint density at radius 3 is 2.76 bits per heavy atom. The van der Waals surface area contributed by atoms with E-state index in [4.69, 9.17) is 4.99 Å². The Balaban J connectivity index is 0.00000225. The van der Waals surface area contributed by atoms with Gasteiger partial charge in [-0.05, 0) is 24.5 Å². The van der Waals surface area contributed by atoms with Gasteiger partial charge in [-0.2, -0.15) is 0 Å². The number of aromatic nitrogens is 3. The molecule has 0 unspecified atom stereocenters. The minimum absolute atomic E-state index is 0. The second-order valence-electron chi connectivity index (χ2n) is 5.97. The molecule has 0 atom stereocenters. The molecule has 1 aromatic carbocycles. The van der Waals surface area contributed by atoms with Crippen LogP contribution >= 0.6 is 24.0 Å². The van der Waals surface area contributed by atoms with E-state index in [1.807, 2.05) is 24.6 Å². The lowest BCUT2D eigenvalue weighted by atomic mass is 10.0. The maximum atomic E-state index is 4.76. The van der Waals surface area contributed by atoms with Gasteiger partial charge in [0.25, 0.3) is 0 Å². The Labute approximate surface area is 166 Å². The van der Waals surface area contributed by atoms with Gasteiger partial charge in [-0.1, -0.05) is 30.3 Å². The van der Waals surface area contributed by atoms with E-state index in [-0.39, 0.29) is 24.0 Å². The molecule has 0 saturated carbocycles. The molecular formula is C18H25IN6. The normalized spacial score (nSPS) is 13.8. The van der Waals surface area contributed by atoms with Crippen molar-refractivity contribution in [3.05, 3.63) is 59.7 Å². The van der Waals surface area contributed by atoms with Crippen LogP contribution < -0.4 is 5.32 Å². The molecule has 0 fully saturated rings. The average molecular weight is 452 g/mol. The summed E-state index contributed by atoms with van der Waals surface area (Å²) in [6.07, 6.45) is 2.88. The van der Waals surface area contributed by atoms with Gasteiger partial charge in [-0.25, -0.2) is 4.99 Å². The number of fused-ring (bicyclic) bond motifs is 1. The summed E-state index contributed by atoms with van der Waals surface area (Å²) in [5, 5.41) is 11.6. The van der Waals surface area contributed by atoms with Gasteiger partial charge >= 0.3 is 0 Å². The number of hydrogen-bond donors (Lipinski definition) is 1. The van der Waals surface area contributed by atoms with Crippen LogP contribution in [-0.2, 0) is 26.6 Å². The van der Waals surface area contributed by atoms with Crippen molar-refractivity contribution < 1.29 is 0 Å². The van der Waals surface area contributed by atoms with E-state index in [1.165, 1.54) is 11.1 Å². The quantitative estimate of drug-likeness (QED) is 0.335. The van der Waals surface area contributed by atoms with Crippen molar-refractivity contribution in [3.8, 4) is 0 Å². The van der Waals surface area contributed by atoms with Crippen molar-refractivity contribution >= 4 is 29.9 Å². The summed E-state index contributed by atoms with van der Waals surface area (Å²) in [6, 6.07) is 8.61. The van der Waals surface area contributed by atoms with Crippen LogP contribution in [0.4, 0.5) is 0 Å². The van der Waals surface area contributed by atoms with E-state index in [0.29, 0.717) is 13.1 Å². The van der Waals surface area contributed by atoms with E-state index in [1.54, 1.807) is 0 Å². The highest BCUT2D eigenvalue weighted by atomic mass is 127. The highest BCUT2D eigenvalue weighted by Gasteiger charge is 2.18. The molecule has 0 aliphatic carbocycles. The van der Waals surface area contributed by atoms with Gasteiger partial charge in [0.15, 0.2) is 11.8 Å². The van der Waals surface area contributed by atoms with Crippen LogP contribution in [0.3, 0.4) is 0 Å². The summed E-state index contributed by atoms with van der Waals surface area (Å²) < 4.78 is 1.97. The van der Waals surface area contributed by atoms with Gasteiger partial charge in [0, 0.05) is 26.7 Å². The Bertz CT molecular complexity index is 752. The lowest BCUT2D eigenvalue weighted by molar-refractivity contribution is 0.379. The van der Waals surface area contributed by atoms with Crippen molar-refractivity contribution in [3.63, 3.8) is 0 Å². The van der Waals surface area contributed by atoms with Crippen molar-refractivity contribution in [2.75, 3.05) is 13.1 Å². The number of hydrogen-bond acceptors (Lipinski definition) is 3. The second kappa shape index (κ2) is 8.98. The number of halogens is 1. The molecule has 1 aromatic heterocycles. The molecule has 7 heteroatoms. The molecule has 0 saturated heterocycles. The summed E-state index contributed by atoms with van der Waals surface area (Å²) in [4.78, 5) is 7.05. The molecule has 134 valence electrons. The fraction of sp³-hybridized carbons (Fsp3) is 0.389. The summed E-state index contributed by atoms with van der Waals surface area (Å²) in [6.45, 7) is 8.76. The van der Waals surface area contributed by atoms with Gasteiger partial charge in [-0.3, -0.25) is 0 Å². The molecule has 1 aliphatic rings. The Kier molecular flexibility index (Phi) is 6.98. The fourth-order valence-electron chi connectivity index (χ4n) is 2.84. The molecule has 1 aliphatic heterocycles. The first-order valence-corrected chi connectivity index (χ1v) is 8.25. The number of guanidine groups is 1. The molecule has 25 heavy (non-hydrogen) atoms. The standard InChI is InChI=1S/C18H24N6.HI/c1-4-10-19-18(20-12-17-22-21-14(2)23(17)3)24-11-9-15-7-5-6-8-16(15)13-24;/h4-8H,1,9-13H2,2-3H3,(H,19,20);1H.